The molecule has 4 rings (SSSR count). The molecule has 0 radical (unpaired) electrons. The van der Waals surface area contributed by atoms with E-state index in [0.717, 1.165) is 22.5 Å². The molecule has 0 amide bonds. The van der Waals surface area contributed by atoms with Gasteiger partial charge in [0.2, 0.25) is 0 Å². The average molecular weight is 350 g/mol. The zero-order valence-corrected chi connectivity index (χ0v) is 14.9. The van der Waals surface area contributed by atoms with Crippen molar-refractivity contribution < 1.29 is 8.42 Å². The van der Waals surface area contributed by atoms with E-state index >= 15 is 0 Å². The van der Waals surface area contributed by atoms with Crippen LogP contribution in [-0.4, -0.2) is 17.0 Å². The molecule has 4 nitrogen and oxygen atoms in total. The highest BCUT2D eigenvalue weighted by Gasteiger charge is 2.22. The van der Waals surface area contributed by atoms with Crippen LogP contribution < -0.4 is 0 Å². The molecule has 0 saturated carbocycles. The van der Waals surface area contributed by atoms with Crippen molar-refractivity contribution in [1.82, 2.24) is 8.54 Å². The van der Waals surface area contributed by atoms with Gasteiger partial charge in [0.05, 0.1) is 16.1 Å². The Morgan fingerprint density at radius 1 is 0.760 bits per heavy atom. The highest BCUT2D eigenvalue weighted by molar-refractivity contribution is 7.90. The zero-order chi connectivity index (χ0) is 17.6. The lowest BCUT2D eigenvalue weighted by Crippen LogP contribution is -2.11. The molecule has 0 fully saturated rings. The summed E-state index contributed by atoms with van der Waals surface area (Å²) in [6, 6.07) is 20.2. The zero-order valence-electron chi connectivity index (χ0n) is 14.0. The van der Waals surface area contributed by atoms with Crippen LogP contribution in [-0.2, 0) is 10.0 Å². The number of para-hydroxylation sites is 1. The van der Waals surface area contributed by atoms with Gasteiger partial charge in [-0.15, -0.1) is 0 Å². The fourth-order valence-corrected chi connectivity index (χ4v) is 4.65. The van der Waals surface area contributed by atoms with Gasteiger partial charge >= 0.3 is 0 Å². The molecule has 0 aliphatic carbocycles. The van der Waals surface area contributed by atoms with Crippen molar-refractivity contribution in [2.45, 2.75) is 18.7 Å². The maximum atomic E-state index is 13.2. The summed E-state index contributed by atoms with van der Waals surface area (Å²) < 4.78 is 29.8. The second-order valence-corrected chi connectivity index (χ2v) is 7.91. The van der Waals surface area contributed by atoms with E-state index in [1.165, 1.54) is 3.97 Å². The Balaban J connectivity index is 2.05. The van der Waals surface area contributed by atoms with Gasteiger partial charge < -0.3 is 4.57 Å². The SMILES string of the molecule is Cc1ccc(C)n1-c1cn(S(=O)(=O)c2ccccc2)c2ccccc12. The molecule has 0 aliphatic rings. The van der Waals surface area contributed by atoms with Crippen LogP contribution in [0.2, 0.25) is 0 Å². The van der Waals surface area contributed by atoms with Crippen LogP contribution in [0.1, 0.15) is 11.4 Å². The molecule has 126 valence electrons. The number of hydrogen-bond donors (Lipinski definition) is 0. The lowest BCUT2D eigenvalue weighted by molar-refractivity contribution is 0.589. The molecule has 0 aliphatic heterocycles. The van der Waals surface area contributed by atoms with Crippen molar-refractivity contribution in [3.63, 3.8) is 0 Å². The molecule has 4 aromatic rings. The van der Waals surface area contributed by atoms with Crippen molar-refractivity contribution in [2.24, 2.45) is 0 Å². The molecular weight excluding hydrogens is 332 g/mol. The monoisotopic (exact) mass is 350 g/mol. The topological polar surface area (TPSA) is 44.0 Å². The lowest BCUT2D eigenvalue weighted by Gasteiger charge is -2.08. The van der Waals surface area contributed by atoms with Gasteiger partial charge in [-0.2, -0.15) is 0 Å². The highest BCUT2D eigenvalue weighted by atomic mass is 32.2. The van der Waals surface area contributed by atoms with Crippen molar-refractivity contribution in [3.8, 4) is 5.69 Å². The van der Waals surface area contributed by atoms with Crippen LogP contribution in [0.25, 0.3) is 16.6 Å². The molecule has 0 spiro atoms. The lowest BCUT2D eigenvalue weighted by atomic mass is 10.2. The van der Waals surface area contributed by atoms with E-state index in [-0.39, 0.29) is 4.90 Å². The summed E-state index contributed by atoms with van der Waals surface area (Å²) in [5.74, 6) is 0. The van der Waals surface area contributed by atoms with Gasteiger partial charge in [0, 0.05) is 23.0 Å². The number of aryl methyl sites for hydroxylation is 2. The Hall–Kier alpha value is -2.79. The van der Waals surface area contributed by atoms with E-state index < -0.39 is 10.0 Å². The van der Waals surface area contributed by atoms with Crippen molar-refractivity contribution >= 4 is 20.9 Å². The molecule has 2 aromatic carbocycles. The minimum absolute atomic E-state index is 0.281. The maximum absolute atomic E-state index is 13.2. The van der Waals surface area contributed by atoms with Gasteiger partial charge in [0.1, 0.15) is 0 Å². The van der Waals surface area contributed by atoms with Gasteiger partial charge in [-0.1, -0.05) is 36.4 Å². The van der Waals surface area contributed by atoms with Crippen molar-refractivity contribution in [2.75, 3.05) is 0 Å². The van der Waals surface area contributed by atoms with E-state index in [1.807, 2.05) is 56.3 Å². The normalized spacial score (nSPS) is 11.9. The van der Waals surface area contributed by atoms with Crippen LogP contribution in [0, 0.1) is 13.8 Å². The molecule has 2 aromatic heterocycles. The number of aromatic nitrogens is 2. The van der Waals surface area contributed by atoms with Crippen LogP contribution in [0.15, 0.2) is 77.8 Å². The Labute approximate surface area is 147 Å². The molecule has 0 saturated heterocycles. The van der Waals surface area contributed by atoms with E-state index in [4.69, 9.17) is 0 Å². The summed E-state index contributed by atoms with van der Waals surface area (Å²) in [6.45, 7) is 4.04. The summed E-state index contributed by atoms with van der Waals surface area (Å²) >= 11 is 0. The summed E-state index contributed by atoms with van der Waals surface area (Å²) in [6.07, 6.45) is 1.72. The fourth-order valence-electron chi connectivity index (χ4n) is 3.26. The molecule has 0 unspecified atom stereocenters. The van der Waals surface area contributed by atoms with Crippen LogP contribution in [0.5, 0.6) is 0 Å². The number of benzene rings is 2. The quantitative estimate of drug-likeness (QED) is 0.553. The third-order valence-corrected chi connectivity index (χ3v) is 6.16. The summed E-state index contributed by atoms with van der Waals surface area (Å²) in [4.78, 5) is 0.281. The minimum Gasteiger partial charge on any atom is -0.316 e. The predicted molar refractivity (Wildman–Crippen MR) is 99.8 cm³/mol. The van der Waals surface area contributed by atoms with Gasteiger partial charge in [-0.3, -0.25) is 0 Å². The van der Waals surface area contributed by atoms with Gasteiger partial charge in [-0.05, 0) is 44.2 Å². The Bertz CT molecular complexity index is 1150. The largest absolute Gasteiger partial charge is 0.316 e. The van der Waals surface area contributed by atoms with E-state index in [1.54, 1.807) is 30.5 Å². The predicted octanol–water partition coefficient (Wildman–Crippen LogP) is 4.29. The third kappa shape index (κ3) is 2.39. The Morgan fingerprint density at radius 3 is 2.04 bits per heavy atom. The van der Waals surface area contributed by atoms with Crippen molar-refractivity contribution in [1.29, 1.82) is 0 Å². The molecule has 0 bridgehead atoms. The Kier molecular flexibility index (Phi) is 3.54. The van der Waals surface area contributed by atoms with Gasteiger partial charge in [0.25, 0.3) is 10.0 Å². The van der Waals surface area contributed by atoms with E-state index in [9.17, 15) is 8.42 Å². The van der Waals surface area contributed by atoms with Crippen LogP contribution in [0.4, 0.5) is 0 Å². The number of rotatable bonds is 3. The van der Waals surface area contributed by atoms with Gasteiger partial charge in [-0.25, -0.2) is 12.4 Å². The number of nitrogens with zero attached hydrogens (tertiary/aromatic N) is 2. The first-order valence-corrected chi connectivity index (χ1v) is 9.50. The molecule has 0 N–H and O–H groups in total. The van der Waals surface area contributed by atoms with Crippen LogP contribution in [0.3, 0.4) is 0 Å². The second kappa shape index (κ2) is 5.63. The highest BCUT2D eigenvalue weighted by Crippen LogP contribution is 2.30. The smallest absolute Gasteiger partial charge is 0.268 e. The number of hydrogen-bond acceptors (Lipinski definition) is 2. The second-order valence-electron chi connectivity index (χ2n) is 6.10. The number of fused-ring (bicyclic) bond motifs is 1. The molecule has 0 atom stereocenters. The average Bonchev–Trinajstić information content (AvgIpc) is 3.16. The molecule has 5 heteroatoms. The van der Waals surface area contributed by atoms with Crippen LogP contribution >= 0.6 is 0 Å². The molecular formula is C20H18N2O2S. The summed E-state index contributed by atoms with van der Waals surface area (Å²) in [5, 5.41) is 0.907. The van der Waals surface area contributed by atoms with Crippen molar-refractivity contribution in [3.05, 3.63) is 84.3 Å². The Morgan fingerprint density at radius 2 is 1.36 bits per heavy atom. The van der Waals surface area contributed by atoms with E-state index in [0.29, 0.717) is 5.52 Å². The first-order chi connectivity index (χ1) is 12.0. The first kappa shape index (κ1) is 15.7. The minimum atomic E-state index is -3.66. The summed E-state index contributed by atoms with van der Waals surface area (Å²) in [5.41, 5.74) is 3.68. The standard InChI is InChI=1S/C20H18N2O2S/c1-15-12-13-16(2)22(15)20-14-21(19-11-7-6-10-18(19)20)25(23,24)17-8-4-3-5-9-17/h3-14H,1-2H3. The van der Waals surface area contributed by atoms with E-state index in [2.05, 4.69) is 4.57 Å². The first-order valence-electron chi connectivity index (χ1n) is 8.06. The maximum Gasteiger partial charge on any atom is 0.268 e. The summed E-state index contributed by atoms with van der Waals surface area (Å²) in [7, 11) is -3.66. The molecule has 2 heterocycles. The van der Waals surface area contributed by atoms with Gasteiger partial charge in [0.15, 0.2) is 0 Å². The third-order valence-electron chi connectivity index (χ3n) is 4.47. The fraction of sp³-hybridized carbons (Fsp3) is 0.100. The molecule has 25 heavy (non-hydrogen) atoms.